The lowest BCUT2D eigenvalue weighted by Crippen LogP contribution is -2.16. The Labute approximate surface area is 119 Å². The summed E-state index contributed by atoms with van der Waals surface area (Å²) >= 11 is 6.06. The van der Waals surface area contributed by atoms with Crippen LogP contribution in [0.3, 0.4) is 0 Å². The van der Waals surface area contributed by atoms with Gasteiger partial charge in [0, 0.05) is 12.7 Å². The van der Waals surface area contributed by atoms with E-state index in [0.29, 0.717) is 5.88 Å². The van der Waals surface area contributed by atoms with Gasteiger partial charge >= 0.3 is 0 Å². The van der Waals surface area contributed by atoms with Gasteiger partial charge in [0.15, 0.2) is 5.65 Å². The molecule has 1 fully saturated rings. The molecule has 0 unspecified atom stereocenters. The Hall–Kier alpha value is -1.09. The fourth-order valence-corrected chi connectivity index (χ4v) is 3.31. The summed E-state index contributed by atoms with van der Waals surface area (Å²) < 4.78 is 2.24. The second-order valence-electron chi connectivity index (χ2n) is 5.58. The molecule has 2 aromatic rings. The Morgan fingerprint density at radius 3 is 2.84 bits per heavy atom. The van der Waals surface area contributed by atoms with Crippen LogP contribution < -0.4 is 0 Å². The predicted molar refractivity (Wildman–Crippen MR) is 78.4 cm³/mol. The van der Waals surface area contributed by atoms with Crippen molar-refractivity contribution in [1.82, 2.24) is 14.5 Å². The molecule has 0 saturated heterocycles. The van der Waals surface area contributed by atoms with Crippen molar-refractivity contribution in [2.45, 2.75) is 51.5 Å². The van der Waals surface area contributed by atoms with E-state index in [9.17, 15) is 0 Å². The predicted octanol–water partition coefficient (Wildman–Crippen LogP) is 4.06. The van der Waals surface area contributed by atoms with Crippen molar-refractivity contribution in [1.29, 1.82) is 0 Å². The molecule has 0 atom stereocenters. The van der Waals surface area contributed by atoms with Gasteiger partial charge in [-0.15, -0.1) is 11.6 Å². The minimum absolute atomic E-state index is 0.461. The van der Waals surface area contributed by atoms with E-state index in [4.69, 9.17) is 11.6 Å². The van der Waals surface area contributed by atoms with Crippen LogP contribution in [-0.2, 0) is 12.4 Å². The molecule has 19 heavy (non-hydrogen) atoms. The molecule has 0 amide bonds. The molecular formula is C15H20ClN3. The molecule has 3 nitrogen and oxygen atoms in total. The van der Waals surface area contributed by atoms with E-state index in [1.807, 2.05) is 12.3 Å². The molecule has 1 aliphatic rings. The van der Waals surface area contributed by atoms with Crippen LogP contribution in [0.15, 0.2) is 12.3 Å². The van der Waals surface area contributed by atoms with E-state index in [1.165, 1.54) is 37.7 Å². The van der Waals surface area contributed by atoms with Crippen LogP contribution in [0, 0.1) is 12.8 Å². The number of imidazole rings is 1. The topological polar surface area (TPSA) is 30.7 Å². The maximum atomic E-state index is 6.06. The van der Waals surface area contributed by atoms with Crippen LogP contribution in [0.2, 0.25) is 0 Å². The standard InChI is InChI=1S/C15H20ClN3/c1-11-7-8-17-15-14(11)18-13(9-16)19(15)10-12-5-3-2-4-6-12/h7-8,12H,2-6,9-10H2,1H3. The zero-order valence-corrected chi connectivity index (χ0v) is 12.2. The SMILES string of the molecule is Cc1ccnc2c1nc(CCl)n2CC1CCCCC1. The van der Waals surface area contributed by atoms with Crippen LogP contribution in [0.5, 0.6) is 0 Å². The van der Waals surface area contributed by atoms with Crippen molar-refractivity contribution in [2.24, 2.45) is 5.92 Å². The number of alkyl halides is 1. The Morgan fingerprint density at radius 1 is 1.32 bits per heavy atom. The number of pyridine rings is 1. The quantitative estimate of drug-likeness (QED) is 0.792. The Morgan fingerprint density at radius 2 is 2.11 bits per heavy atom. The monoisotopic (exact) mass is 277 g/mol. The van der Waals surface area contributed by atoms with Gasteiger partial charge in [0.2, 0.25) is 0 Å². The van der Waals surface area contributed by atoms with E-state index >= 15 is 0 Å². The molecule has 1 saturated carbocycles. The number of fused-ring (bicyclic) bond motifs is 1. The lowest BCUT2D eigenvalue weighted by Gasteiger charge is -2.22. The zero-order chi connectivity index (χ0) is 13.2. The molecule has 3 rings (SSSR count). The summed E-state index contributed by atoms with van der Waals surface area (Å²) in [6, 6.07) is 2.01. The van der Waals surface area contributed by atoms with Gasteiger partial charge in [-0.3, -0.25) is 0 Å². The van der Waals surface area contributed by atoms with Gasteiger partial charge in [-0.25, -0.2) is 9.97 Å². The van der Waals surface area contributed by atoms with E-state index in [0.717, 1.165) is 29.5 Å². The van der Waals surface area contributed by atoms with Crippen LogP contribution in [-0.4, -0.2) is 14.5 Å². The average Bonchev–Trinajstić information content (AvgIpc) is 2.80. The van der Waals surface area contributed by atoms with Gasteiger partial charge in [-0.05, 0) is 37.3 Å². The molecule has 0 aliphatic heterocycles. The van der Waals surface area contributed by atoms with Gasteiger partial charge in [0.25, 0.3) is 0 Å². The number of halogens is 1. The van der Waals surface area contributed by atoms with Crippen LogP contribution in [0.1, 0.15) is 43.5 Å². The van der Waals surface area contributed by atoms with Gasteiger partial charge in [-0.1, -0.05) is 19.3 Å². The molecule has 2 heterocycles. The first-order valence-corrected chi connectivity index (χ1v) is 7.69. The smallest absolute Gasteiger partial charge is 0.160 e. The molecule has 0 aromatic carbocycles. The van der Waals surface area contributed by atoms with Crippen molar-refractivity contribution < 1.29 is 0 Å². The number of rotatable bonds is 3. The van der Waals surface area contributed by atoms with E-state index in [-0.39, 0.29) is 0 Å². The molecule has 2 aromatic heterocycles. The highest BCUT2D eigenvalue weighted by molar-refractivity contribution is 6.16. The maximum Gasteiger partial charge on any atom is 0.160 e. The van der Waals surface area contributed by atoms with E-state index < -0.39 is 0 Å². The first-order chi connectivity index (χ1) is 9.29. The summed E-state index contributed by atoms with van der Waals surface area (Å²) in [6.07, 6.45) is 8.63. The van der Waals surface area contributed by atoms with E-state index in [1.54, 1.807) is 0 Å². The highest BCUT2D eigenvalue weighted by Gasteiger charge is 2.18. The van der Waals surface area contributed by atoms with Crippen molar-refractivity contribution >= 4 is 22.8 Å². The molecule has 102 valence electrons. The summed E-state index contributed by atoms with van der Waals surface area (Å²) in [4.78, 5) is 9.18. The largest absolute Gasteiger partial charge is 0.311 e. The number of hydrogen-bond acceptors (Lipinski definition) is 2. The van der Waals surface area contributed by atoms with Crippen LogP contribution in [0.4, 0.5) is 0 Å². The summed E-state index contributed by atoms with van der Waals surface area (Å²) in [7, 11) is 0. The van der Waals surface area contributed by atoms with Gasteiger partial charge in [0.05, 0.1) is 5.88 Å². The summed E-state index contributed by atoms with van der Waals surface area (Å²) in [5.74, 6) is 2.18. The molecule has 0 bridgehead atoms. The summed E-state index contributed by atoms with van der Waals surface area (Å²) in [5, 5.41) is 0. The van der Waals surface area contributed by atoms with Gasteiger partial charge in [-0.2, -0.15) is 0 Å². The Kier molecular flexibility index (Phi) is 3.74. The van der Waals surface area contributed by atoms with Crippen LogP contribution >= 0.6 is 11.6 Å². The zero-order valence-electron chi connectivity index (χ0n) is 11.4. The molecular weight excluding hydrogens is 258 g/mol. The van der Waals surface area contributed by atoms with Crippen molar-refractivity contribution in [3.8, 4) is 0 Å². The van der Waals surface area contributed by atoms with E-state index in [2.05, 4.69) is 21.5 Å². The number of aromatic nitrogens is 3. The lowest BCUT2D eigenvalue weighted by atomic mass is 9.89. The van der Waals surface area contributed by atoms with Crippen molar-refractivity contribution in [3.63, 3.8) is 0 Å². The second kappa shape index (κ2) is 5.49. The van der Waals surface area contributed by atoms with Crippen molar-refractivity contribution in [3.05, 3.63) is 23.7 Å². The summed E-state index contributed by atoms with van der Waals surface area (Å²) in [6.45, 7) is 3.11. The Balaban J connectivity index is 1.98. The number of nitrogens with zero attached hydrogens (tertiary/aromatic N) is 3. The van der Waals surface area contributed by atoms with Gasteiger partial charge < -0.3 is 4.57 Å². The van der Waals surface area contributed by atoms with Gasteiger partial charge in [0.1, 0.15) is 11.3 Å². The highest BCUT2D eigenvalue weighted by Crippen LogP contribution is 2.27. The minimum Gasteiger partial charge on any atom is -0.311 e. The third kappa shape index (κ3) is 2.48. The lowest BCUT2D eigenvalue weighted by molar-refractivity contribution is 0.319. The number of aryl methyl sites for hydroxylation is 1. The van der Waals surface area contributed by atoms with Crippen LogP contribution in [0.25, 0.3) is 11.2 Å². The van der Waals surface area contributed by atoms with Crippen molar-refractivity contribution in [2.75, 3.05) is 0 Å². The third-order valence-electron chi connectivity index (χ3n) is 4.20. The minimum atomic E-state index is 0.461. The molecule has 4 heteroatoms. The molecule has 0 N–H and O–H groups in total. The number of hydrogen-bond donors (Lipinski definition) is 0. The third-order valence-corrected chi connectivity index (χ3v) is 4.44. The average molecular weight is 278 g/mol. The Bertz CT molecular complexity index is 570. The normalized spacial score (nSPS) is 17.2. The first-order valence-electron chi connectivity index (χ1n) is 7.16. The molecule has 1 aliphatic carbocycles. The first kappa shape index (κ1) is 12.9. The second-order valence-corrected chi connectivity index (χ2v) is 5.84. The molecule has 0 spiro atoms. The maximum absolute atomic E-state index is 6.06. The highest BCUT2D eigenvalue weighted by atomic mass is 35.5. The molecule has 0 radical (unpaired) electrons. The fourth-order valence-electron chi connectivity index (χ4n) is 3.11. The summed E-state index contributed by atoms with van der Waals surface area (Å²) in [5.41, 5.74) is 3.19. The fraction of sp³-hybridized carbons (Fsp3) is 0.600.